The third-order valence-corrected chi connectivity index (χ3v) is 3.62. The highest BCUT2D eigenvalue weighted by molar-refractivity contribution is 9.10. The van der Waals surface area contributed by atoms with E-state index in [-0.39, 0.29) is 6.61 Å². The maximum absolute atomic E-state index is 9.43. The summed E-state index contributed by atoms with van der Waals surface area (Å²) in [6.45, 7) is 0.0605. The quantitative estimate of drug-likeness (QED) is 0.896. The van der Waals surface area contributed by atoms with Crippen LogP contribution in [0, 0.1) is 0 Å². The lowest BCUT2D eigenvalue weighted by molar-refractivity contribution is 0.271. The van der Waals surface area contributed by atoms with Gasteiger partial charge in [0.15, 0.2) is 0 Å². The Morgan fingerprint density at radius 2 is 2.13 bits per heavy atom. The molecule has 1 aromatic carbocycles. The first-order chi connectivity index (χ1) is 7.27. The van der Waals surface area contributed by atoms with Gasteiger partial charge in [-0.2, -0.15) is 0 Å². The lowest BCUT2D eigenvalue weighted by Crippen LogP contribution is -2.08. The first-order valence-corrected chi connectivity index (χ1v) is 6.05. The Hall–Kier alpha value is -0.540. The van der Waals surface area contributed by atoms with Crippen LogP contribution < -0.4 is 4.74 Å². The van der Waals surface area contributed by atoms with Crippen LogP contribution in [-0.4, -0.2) is 12.2 Å². The van der Waals surface area contributed by atoms with E-state index < -0.39 is 0 Å². The summed E-state index contributed by atoms with van der Waals surface area (Å²) in [6, 6.07) is 2.13. The zero-order valence-electron chi connectivity index (χ0n) is 8.85. The van der Waals surface area contributed by atoms with Crippen molar-refractivity contribution >= 4 is 15.9 Å². The number of fused-ring (bicyclic) bond motifs is 1. The van der Waals surface area contributed by atoms with Crippen LogP contribution in [0.1, 0.15) is 29.5 Å². The summed E-state index contributed by atoms with van der Waals surface area (Å²) >= 11 is 3.49. The van der Waals surface area contributed by atoms with E-state index in [9.17, 15) is 5.11 Å². The maximum atomic E-state index is 9.43. The molecule has 1 N–H and O–H groups in total. The number of benzene rings is 1. The van der Waals surface area contributed by atoms with Crippen LogP contribution in [0.15, 0.2) is 10.5 Å². The van der Waals surface area contributed by atoms with Crippen LogP contribution >= 0.6 is 15.9 Å². The molecule has 0 bridgehead atoms. The molecule has 0 aromatic heterocycles. The standard InChI is InChI=1S/C12H15BrO2/c1-15-12-10(7-14)9-5-3-2-4-8(9)6-11(12)13/h6,14H,2-5,7H2,1H3. The van der Waals surface area contributed by atoms with Gasteiger partial charge < -0.3 is 9.84 Å². The van der Waals surface area contributed by atoms with E-state index in [1.54, 1.807) is 7.11 Å². The normalized spacial score (nSPS) is 14.9. The zero-order chi connectivity index (χ0) is 10.8. The molecule has 2 rings (SSSR count). The minimum atomic E-state index is 0.0605. The highest BCUT2D eigenvalue weighted by Gasteiger charge is 2.19. The molecule has 0 amide bonds. The molecule has 1 aliphatic rings. The second kappa shape index (κ2) is 4.54. The fourth-order valence-corrected chi connectivity index (χ4v) is 3.00. The largest absolute Gasteiger partial charge is 0.495 e. The number of halogens is 1. The third-order valence-electron chi connectivity index (χ3n) is 3.03. The summed E-state index contributed by atoms with van der Waals surface area (Å²) in [4.78, 5) is 0. The minimum absolute atomic E-state index is 0.0605. The van der Waals surface area contributed by atoms with Gasteiger partial charge >= 0.3 is 0 Å². The minimum Gasteiger partial charge on any atom is -0.495 e. The Morgan fingerprint density at radius 3 is 2.80 bits per heavy atom. The van der Waals surface area contributed by atoms with Crippen LogP contribution in [0.2, 0.25) is 0 Å². The fourth-order valence-electron chi connectivity index (χ4n) is 2.32. The summed E-state index contributed by atoms with van der Waals surface area (Å²) in [6.07, 6.45) is 4.64. The lowest BCUT2D eigenvalue weighted by atomic mass is 9.88. The maximum Gasteiger partial charge on any atom is 0.138 e. The lowest BCUT2D eigenvalue weighted by Gasteiger charge is -2.21. The van der Waals surface area contributed by atoms with Crippen LogP contribution in [0.25, 0.3) is 0 Å². The van der Waals surface area contributed by atoms with Crippen molar-refractivity contribution < 1.29 is 9.84 Å². The highest BCUT2D eigenvalue weighted by Crippen LogP contribution is 2.37. The molecule has 0 radical (unpaired) electrons. The summed E-state index contributed by atoms with van der Waals surface area (Å²) in [5, 5.41) is 9.43. The first kappa shape index (κ1) is 11.0. The molecule has 1 aliphatic carbocycles. The van der Waals surface area contributed by atoms with Crippen LogP contribution in [0.4, 0.5) is 0 Å². The van der Waals surface area contributed by atoms with E-state index in [4.69, 9.17) is 4.74 Å². The first-order valence-electron chi connectivity index (χ1n) is 5.26. The van der Waals surface area contributed by atoms with Gasteiger partial charge in [-0.3, -0.25) is 0 Å². The summed E-state index contributed by atoms with van der Waals surface area (Å²) in [5.74, 6) is 0.790. The van der Waals surface area contributed by atoms with Crippen molar-refractivity contribution in [2.75, 3.05) is 7.11 Å². The molecule has 15 heavy (non-hydrogen) atoms. The van der Waals surface area contributed by atoms with E-state index >= 15 is 0 Å². The molecule has 82 valence electrons. The zero-order valence-corrected chi connectivity index (χ0v) is 10.4. The SMILES string of the molecule is COc1c(Br)cc2c(c1CO)CCCC2. The predicted octanol–water partition coefficient (Wildman–Crippen LogP) is 2.83. The van der Waals surface area contributed by atoms with Crippen molar-refractivity contribution in [1.82, 2.24) is 0 Å². The van der Waals surface area contributed by atoms with Crippen molar-refractivity contribution in [3.63, 3.8) is 0 Å². The molecule has 0 fully saturated rings. The molecule has 2 nitrogen and oxygen atoms in total. The van der Waals surface area contributed by atoms with Crippen molar-refractivity contribution in [2.45, 2.75) is 32.3 Å². The van der Waals surface area contributed by atoms with Gasteiger partial charge in [-0.25, -0.2) is 0 Å². The van der Waals surface area contributed by atoms with Gasteiger partial charge in [-0.05, 0) is 58.8 Å². The molecular formula is C12H15BrO2. The van der Waals surface area contributed by atoms with Gasteiger partial charge in [0.25, 0.3) is 0 Å². The number of aryl methyl sites for hydroxylation is 1. The molecule has 0 aliphatic heterocycles. The average molecular weight is 271 g/mol. The van der Waals surface area contributed by atoms with Gasteiger partial charge in [0.05, 0.1) is 18.2 Å². The highest BCUT2D eigenvalue weighted by atomic mass is 79.9. The van der Waals surface area contributed by atoms with Crippen molar-refractivity contribution in [2.24, 2.45) is 0 Å². The third kappa shape index (κ3) is 1.91. The van der Waals surface area contributed by atoms with E-state index in [0.717, 1.165) is 28.6 Å². The van der Waals surface area contributed by atoms with Gasteiger partial charge in [-0.15, -0.1) is 0 Å². The molecule has 0 saturated heterocycles. The smallest absolute Gasteiger partial charge is 0.138 e. The number of methoxy groups -OCH3 is 1. The number of hydrogen-bond donors (Lipinski definition) is 1. The number of aliphatic hydroxyl groups excluding tert-OH is 1. The van der Waals surface area contributed by atoms with E-state index in [0.29, 0.717) is 0 Å². The molecule has 0 unspecified atom stereocenters. The van der Waals surface area contributed by atoms with Crippen LogP contribution in [0.5, 0.6) is 5.75 Å². The van der Waals surface area contributed by atoms with Crippen LogP contribution in [0.3, 0.4) is 0 Å². The van der Waals surface area contributed by atoms with E-state index in [2.05, 4.69) is 22.0 Å². The number of rotatable bonds is 2. The van der Waals surface area contributed by atoms with Gasteiger partial charge in [-0.1, -0.05) is 0 Å². The topological polar surface area (TPSA) is 29.5 Å². The van der Waals surface area contributed by atoms with Crippen molar-refractivity contribution in [3.05, 3.63) is 27.2 Å². The fraction of sp³-hybridized carbons (Fsp3) is 0.500. The van der Waals surface area contributed by atoms with Gasteiger partial charge in [0.1, 0.15) is 5.75 Å². The molecular weight excluding hydrogens is 256 g/mol. The summed E-state index contributed by atoms with van der Waals surface area (Å²) < 4.78 is 6.28. The van der Waals surface area contributed by atoms with Crippen molar-refractivity contribution in [3.8, 4) is 5.75 Å². The molecule has 1 aromatic rings. The monoisotopic (exact) mass is 270 g/mol. The van der Waals surface area contributed by atoms with Gasteiger partial charge in [0.2, 0.25) is 0 Å². The summed E-state index contributed by atoms with van der Waals surface area (Å²) in [7, 11) is 1.65. The Labute approximate surface area is 98.4 Å². The number of ether oxygens (including phenoxy) is 1. The summed E-state index contributed by atoms with van der Waals surface area (Å²) in [5.41, 5.74) is 3.61. The Morgan fingerprint density at radius 1 is 1.40 bits per heavy atom. The average Bonchev–Trinajstić information content (AvgIpc) is 2.27. The Balaban J connectivity index is 2.59. The molecule has 0 saturated carbocycles. The molecule has 0 heterocycles. The van der Waals surface area contributed by atoms with Gasteiger partial charge in [0, 0.05) is 5.56 Å². The Kier molecular flexibility index (Phi) is 3.32. The van der Waals surface area contributed by atoms with Crippen LogP contribution in [-0.2, 0) is 19.4 Å². The Bertz CT molecular complexity index is 374. The molecule has 3 heteroatoms. The number of hydrogen-bond acceptors (Lipinski definition) is 2. The van der Waals surface area contributed by atoms with E-state index in [1.807, 2.05) is 0 Å². The number of aliphatic hydroxyl groups is 1. The second-order valence-electron chi connectivity index (χ2n) is 3.87. The second-order valence-corrected chi connectivity index (χ2v) is 4.73. The van der Waals surface area contributed by atoms with Crippen molar-refractivity contribution in [1.29, 1.82) is 0 Å². The molecule has 0 spiro atoms. The predicted molar refractivity (Wildman–Crippen MR) is 63.3 cm³/mol. The molecule has 0 atom stereocenters. The van der Waals surface area contributed by atoms with E-state index in [1.165, 1.54) is 24.0 Å².